The standard InChI is InChI=1S/C71H86Cl2N8O21/c1-29(2)16-43(76-9)66(93)81-60-62(90)36-12-15-49(42(73)20-36)99-51-22-37-21-50(63(51)102-70-52(26-46(86)53(28-82)101-70)100-55-27-71(8,75)64(91)33(7)97-55)98-48-14-10-34(18-41(48)72)17-31(5)65(92)78-57(32(6)83)40-23-38(84)24-47(87)56(40)39-19-35(11-13-45(39)85)58(61(89)30(3)4)79-68(95)59(37)80-67(94)44(25-54(74)88)77-69(60)96/h10-15,18-24,29-31,33,43-44,46,52-53,55,57-60,62,64,70,76,82-87,90-91H,6,16-17,25-28,75H2,1-5,7-9H3,(H2,74,88)(H,77,96)(H,78,92)(H,79,95)(H,80,94)(H,81,93)/t31-,33-,43+,44?,46-,52+,53?,55-,57+,58?,59?,60+,62+,64+,70-,71-/m0/s1. The summed E-state index contributed by atoms with van der Waals surface area (Å²) in [6, 6.07) is 5.53. The number of carbonyl (C=O) groups is 7. The van der Waals surface area contributed by atoms with Crippen LogP contribution in [0.3, 0.4) is 0 Å². The third kappa shape index (κ3) is 17.6. The Morgan fingerprint density at radius 1 is 0.775 bits per heavy atom. The molecule has 6 aliphatic rings. The van der Waals surface area contributed by atoms with Crippen molar-refractivity contribution in [3.63, 3.8) is 0 Å². The van der Waals surface area contributed by atoms with Gasteiger partial charge in [0, 0.05) is 47.4 Å². The van der Waals surface area contributed by atoms with Crippen LogP contribution in [0.4, 0.5) is 0 Å². The highest BCUT2D eigenvalue weighted by molar-refractivity contribution is 6.32. The van der Waals surface area contributed by atoms with Crippen LogP contribution in [0, 0.1) is 17.8 Å². The number of likely N-dealkylation sites (N-methyl/N-ethyl adjacent to an activating group) is 1. The molecule has 550 valence electrons. The highest BCUT2D eigenvalue weighted by Gasteiger charge is 2.48. The quantitative estimate of drug-likeness (QED) is 0.0613. The van der Waals surface area contributed by atoms with E-state index in [1.807, 2.05) is 13.8 Å². The molecule has 0 spiro atoms. The number of benzene rings is 5. The molecule has 18 N–H and O–H groups in total. The lowest BCUT2D eigenvalue weighted by molar-refractivity contribution is -0.309. The van der Waals surface area contributed by atoms with E-state index in [0.717, 1.165) is 18.2 Å². The van der Waals surface area contributed by atoms with Crippen LogP contribution in [0.15, 0.2) is 91.2 Å². The number of aliphatic hydroxyl groups is 5. The Hall–Kier alpha value is -8.85. The van der Waals surface area contributed by atoms with Crippen LogP contribution in [0.25, 0.3) is 11.1 Å². The minimum atomic E-state index is -2.17. The molecule has 31 heteroatoms. The van der Waals surface area contributed by atoms with Gasteiger partial charge < -0.3 is 113 Å². The minimum Gasteiger partial charge on any atom is -0.510 e. The topological polar surface area (TPSA) is 461 Å². The molecule has 2 fully saturated rings. The smallest absolute Gasteiger partial charge is 0.248 e. The Labute approximate surface area is 597 Å². The molecule has 6 aliphatic heterocycles. The lowest BCUT2D eigenvalue weighted by atomic mass is 9.86. The number of Topliss-reactive ketones (excluding diaryl/α,β-unsaturated/α-hetero) is 1. The first kappa shape index (κ1) is 77.3. The molecule has 6 amide bonds. The largest absolute Gasteiger partial charge is 0.510 e. The fourth-order valence-electron chi connectivity index (χ4n) is 12.6. The second-order valence-electron chi connectivity index (χ2n) is 27.1. The Bertz CT molecular complexity index is 4030. The minimum absolute atomic E-state index is 0.0523. The van der Waals surface area contributed by atoms with E-state index in [1.165, 1.54) is 81.6 Å². The summed E-state index contributed by atoms with van der Waals surface area (Å²) in [5.41, 5.74) is 10.2. The number of hydrogen-bond donors (Lipinski definition) is 16. The molecule has 29 nitrogen and oxygen atoms in total. The van der Waals surface area contributed by atoms with Crippen molar-refractivity contribution in [2.45, 2.75) is 172 Å². The molecule has 0 aliphatic carbocycles. The van der Waals surface area contributed by atoms with Crippen molar-refractivity contribution in [1.82, 2.24) is 31.9 Å². The Balaban J connectivity index is 1.33. The molecule has 6 heterocycles. The molecular weight excluding hydrogens is 1370 g/mol. The number of hydrogen-bond acceptors (Lipinski definition) is 23. The van der Waals surface area contributed by atoms with Gasteiger partial charge in [0.25, 0.3) is 0 Å². The highest BCUT2D eigenvalue weighted by atomic mass is 35.5. The zero-order valence-corrected chi connectivity index (χ0v) is 58.6. The monoisotopic (exact) mass is 1460 g/mol. The van der Waals surface area contributed by atoms with Crippen molar-refractivity contribution in [3.05, 3.63) is 129 Å². The average molecular weight is 1460 g/mol. The van der Waals surface area contributed by atoms with Gasteiger partial charge in [0.15, 0.2) is 23.6 Å². The molecule has 0 aromatic heterocycles. The maximum atomic E-state index is 16.1. The zero-order valence-electron chi connectivity index (χ0n) is 57.1. The van der Waals surface area contributed by atoms with Gasteiger partial charge in [-0.25, -0.2) is 0 Å². The van der Waals surface area contributed by atoms with E-state index in [4.69, 9.17) is 63.1 Å². The number of ketones is 1. The van der Waals surface area contributed by atoms with Crippen LogP contribution in [-0.4, -0.2) is 162 Å². The van der Waals surface area contributed by atoms with Crippen LogP contribution in [-0.2, 0) is 54.2 Å². The van der Waals surface area contributed by atoms with Crippen molar-refractivity contribution in [2.24, 2.45) is 29.2 Å². The van der Waals surface area contributed by atoms with Gasteiger partial charge in [-0.1, -0.05) is 82.6 Å². The maximum absolute atomic E-state index is 16.1. The number of carbonyl (C=O) groups excluding carboxylic acids is 7. The molecule has 5 aromatic rings. The molecule has 16 atom stereocenters. The summed E-state index contributed by atoms with van der Waals surface area (Å²) in [5.74, 6) is -13.4. The highest BCUT2D eigenvalue weighted by Crippen LogP contribution is 2.50. The average Bonchev–Trinajstić information content (AvgIpc) is 0.775. The van der Waals surface area contributed by atoms with E-state index in [9.17, 15) is 64.8 Å². The lowest BCUT2D eigenvalue weighted by Crippen LogP contribution is -2.61. The number of nitrogens with two attached hydrogens (primary N) is 2. The number of aliphatic hydroxyl groups excluding tert-OH is 5. The second kappa shape index (κ2) is 32.2. The summed E-state index contributed by atoms with van der Waals surface area (Å²) in [6.45, 7) is 14.3. The third-order valence-electron chi connectivity index (χ3n) is 18.1. The van der Waals surface area contributed by atoms with Gasteiger partial charge in [0.05, 0.1) is 47.4 Å². The predicted molar refractivity (Wildman–Crippen MR) is 368 cm³/mol. The van der Waals surface area contributed by atoms with Gasteiger partial charge in [0.1, 0.15) is 83.0 Å². The summed E-state index contributed by atoms with van der Waals surface area (Å²) in [6.07, 6.45) is -12.2. The van der Waals surface area contributed by atoms with Gasteiger partial charge in [-0.05, 0) is 122 Å². The SMILES string of the molecule is C=C(O)[C@H]1NC(=O)[C@@H](C)Cc2ccc(c(Cl)c2)Oc2cc3cc(c2O[C@@H]2OC(CO)[C@@H](O)C[C@H]2O[C@H]2C[C@](C)(N)[C@H](O)[C@H](C)O2)Oc2ccc(cc2Cl)[C@@H](O)[C@@H](NC(=O)[C@@H](CC(C)C)NC)C(=O)NC(CC(N)=O)C(=O)NC3C(=O)NC(C(=O)C(C)C)c2ccc(O)c(c2)-c2c(O)cc(O)cc21. The van der Waals surface area contributed by atoms with Gasteiger partial charge in [0.2, 0.25) is 47.5 Å². The normalized spacial score (nSPS) is 27.5. The van der Waals surface area contributed by atoms with Gasteiger partial charge in [-0.3, -0.25) is 33.6 Å². The predicted octanol–water partition coefficient (Wildman–Crippen LogP) is 4.99. The zero-order chi connectivity index (χ0) is 74.7. The van der Waals surface area contributed by atoms with Gasteiger partial charge in [-0.15, -0.1) is 0 Å². The number of halogens is 2. The van der Waals surface area contributed by atoms with Crippen LogP contribution in [0.2, 0.25) is 10.0 Å². The Morgan fingerprint density at radius 2 is 1.42 bits per heavy atom. The van der Waals surface area contributed by atoms with Crippen molar-refractivity contribution in [1.29, 1.82) is 0 Å². The molecule has 2 saturated heterocycles. The number of nitrogens with one attached hydrogen (secondary N) is 6. The van der Waals surface area contributed by atoms with E-state index in [1.54, 1.807) is 20.8 Å². The van der Waals surface area contributed by atoms with Gasteiger partial charge in [-0.2, -0.15) is 0 Å². The molecule has 4 unspecified atom stereocenters. The van der Waals surface area contributed by atoms with Gasteiger partial charge >= 0.3 is 0 Å². The number of phenolic OH excluding ortho intramolecular Hbond substituents is 3. The number of amides is 6. The summed E-state index contributed by atoms with van der Waals surface area (Å²) in [5, 5.41) is 107. The van der Waals surface area contributed by atoms with Crippen molar-refractivity contribution in [3.8, 4) is 57.1 Å². The number of phenols is 3. The number of rotatable bonds is 15. The van der Waals surface area contributed by atoms with Crippen LogP contribution < -0.4 is 57.6 Å². The van der Waals surface area contributed by atoms with Crippen LogP contribution in [0.5, 0.6) is 46.0 Å². The molecule has 5 aromatic carbocycles. The van der Waals surface area contributed by atoms with Crippen molar-refractivity contribution < 1.29 is 103 Å². The number of primary amides is 1. The third-order valence-corrected chi connectivity index (χ3v) is 18.7. The van der Waals surface area contributed by atoms with E-state index >= 15 is 9.59 Å². The van der Waals surface area contributed by atoms with Crippen molar-refractivity contribution >= 4 is 64.4 Å². The molecule has 11 rings (SSSR count). The van der Waals surface area contributed by atoms with E-state index in [0.29, 0.717) is 5.56 Å². The van der Waals surface area contributed by atoms with Crippen LogP contribution in [0.1, 0.15) is 126 Å². The Morgan fingerprint density at radius 3 is 2.02 bits per heavy atom. The number of fused-ring (bicyclic) bond motifs is 16. The molecule has 0 radical (unpaired) electrons. The van der Waals surface area contributed by atoms with Crippen LogP contribution >= 0.6 is 23.2 Å². The van der Waals surface area contributed by atoms with E-state index in [2.05, 4.69) is 38.5 Å². The molecule has 102 heavy (non-hydrogen) atoms. The molecule has 9 bridgehead atoms. The fraction of sp³-hybridized carbons (Fsp3) is 0.451. The second-order valence-corrected chi connectivity index (χ2v) is 27.9. The van der Waals surface area contributed by atoms with E-state index in [-0.39, 0.29) is 86.5 Å². The number of ether oxygens (including phenoxy) is 6. The summed E-state index contributed by atoms with van der Waals surface area (Å²) in [4.78, 5) is 103. The number of aromatic hydroxyl groups is 3. The first-order valence-electron chi connectivity index (χ1n) is 33.0. The summed E-state index contributed by atoms with van der Waals surface area (Å²) >= 11 is 14.3. The first-order valence-corrected chi connectivity index (χ1v) is 33.8. The summed E-state index contributed by atoms with van der Waals surface area (Å²) in [7, 11) is 1.51. The maximum Gasteiger partial charge on any atom is 0.248 e. The Kier molecular flexibility index (Phi) is 24.4. The molecular formula is C71H86Cl2N8O21. The van der Waals surface area contributed by atoms with Crippen molar-refractivity contribution in [2.75, 3.05) is 13.7 Å². The lowest BCUT2D eigenvalue weighted by Gasteiger charge is -2.45. The summed E-state index contributed by atoms with van der Waals surface area (Å²) < 4.78 is 39.2. The van der Waals surface area contributed by atoms with E-state index < -0.39 is 197 Å². The molecule has 0 saturated carbocycles. The first-order chi connectivity index (χ1) is 48.1. The fourth-order valence-corrected chi connectivity index (χ4v) is 13.1.